The molecule has 1 atom stereocenters. The fraction of sp³-hybridized carbons (Fsp3) is 0.143. The Bertz CT molecular complexity index is 609. The fourth-order valence-electron chi connectivity index (χ4n) is 1.83. The quantitative estimate of drug-likeness (QED) is 0.860. The number of benzene rings is 2. The standard InChI is InChI=1S/C14H11Cl2F2N/c1-7-2-13(18)11(6-12(7)17)14(19)8-3-9(15)5-10(16)4-8/h2-6,14H,19H2,1H3. The molecule has 0 radical (unpaired) electrons. The van der Waals surface area contributed by atoms with E-state index in [0.717, 1.165) is 12.1 Å². The topological polar surface area (TPSA) is 26.0 Å². The van der Waals surface area contributed by atoms with E-state index in [9.17, 15) is 8.78 Å². The van der Waals surface area contributed by atoms with E-state index in [2.05, 4.69) is 0 Å². The van der Waals surface area contributed by atoms with Gasteiger partial charge in [0.1, 0.15) is 11.6 Å². The lowest BCUT2D eigenvalue weighted by Gasteiger charge is -2.15. The number of nitrogens with two attached hydrogens (primary N) is 1. The van der Waals surface area contributed by atoms with E-state index in [1.165, 1.54) is 6.92 Å². The van der Waals surface area contributed by atoms with Crippen LogP contribution in [0.1, 0.15) is 22.7 Å². The van der Waals surface area contributed by atoms with Crippen LogP contribution in [0.15, 0.2) is 30.3 Å². The van der Waals surface area contributed by atoms with E-state index >= 15 is 0 Å². The van der Waals surface area contributed by atoms with Crippen LogP contribution >= 0.6 is 23.2 Å². The number of halogens is 4. The van der Waals surface area contributed by atoms with E-state index in [-0.39, 0.29) is 11.1 Å². The fourth-order valence-corrected chi connectivity index (χ4v) is 2.38. The summed E-state index contributed by atoms with van der Waals surface area (Å²) >= 11 is 11.7. The van der Waals surface area contributed by atoms with Crippen molar-refractivity contribution in [2.75, 3.05) is 0 Å². The van der Waals surface area contributed by atoms with Crippen molar-refractivity contribution in [1.82, 2.24) is 0 Å². The van der Waals surface area contributed by atoms with Gasteiger partial charge in [-0.05, 0) is 48.4 Å². The third kappa shape index (κ3) is 3.06. The Balaban J connectivity index is 2.49. The molecule has 2 aromatic rings. The molecule has 2 rings (SSSR count). The first-order valence-electron chi connectivity index (χ1n) is 5.55. The predicted octanol–water partition coefficient (Wildman–Crippen LogP) is 4.63. The summed E-state index contributed by atoms with van der Waals surface area (Å²) < 4.78 is 27.4. The van der Waals surface area contributed by atoms with Gasteiger partial charge < -0.3 is 5.73 Å². The highest BCUT2D eigenvalue weighted by Gasteiger charge is 2.17. The van der Waals surface area contributed by atoms with Crippen LogP contribution in [0.3, 0.4) is 0 Å². The van der Waals surface area contributed by atoms with Gasteiger partial charge in [0.2, 0.25) is 0 Å². The summed E-state index contributed by atoms with van der Waals surface area (Å²) in [6, 6.07) is 6.10. The Labute approximate surface area is 119 Å². The minimum absolute atomic E-state index is 0.0708. The second kappa shape index (κ2) is 5.45. The van der Waals surface area contributed by atoms with Gasteiger partial charge in [-0.2, -0.15) is 0 Å². The number of rotatable bonds is 2. The molecule has 5 heteroatoms. The zero-order valence-electron chi connectivity index (χ0n) is 10.1. The molecule has 0 heterocycles. The Morgan fingerprint density at radius 3 is 2.11 bits per heavy atom. The van der Waals surface area contributed by atoms with Crippen molar-refractivity contribution in [3.63, 3.8) is 0 Å². The molecule has 2 aromatic carbocycles. The third-order valence-electron chi connectivity index (χ3n) is 2.86. The molecule has 0 aliphatic carbocycles. The minimum Gasteiger partial charge on any atom is -0.320 e. The molecule has 19 heavy (non-hydrogen) atoms. The Morgan fingerprint density at radius 2 is 1.53 bits per heavy atom. The molecule has 0 amide bonds. The van der Waals surface area contributed by atoms with E-state index in [0.29, 0.717) is 15.6 Å². The highest BCUT2D eigenvalue weighted by molar-refractivity contribution is 6.34. The first-order chi connectivity index (χ1) is 8.88. The summed E-state index contributed by atoms with van der Waals surface area (Å²) in [4.78, 5) is 0. The molecule has 100 valence electrons. The Kier molecular flexibility index (Phi) is 4.09. The van der Waals surface area contributed by atoms with Gasteiger partial charge >= 0.3 is 0 Å². The van der Waals surface area contributed by atoms with Gasteiger partial charge in [-0.15, -0.1) is 0 Å². The first-order valence-corrected chi connectivity index (χ1v) is 6.31. The highest BCUT2D eigenvalue weighted by Crippen LogP contribution is 2.28. The van der Waals surface area contributed by atoms with Gasteiger partial charge in [-0.1, -0.05) is 23.2 Å². The molecule has 1 unspecified atom stereocenters. The summed E-state index contributed by atoms with van der Waals surface area (Å²) in [5, 5.41) is 0.789. The molecule has 1 nitrogen and oxygen atoms in total. The van der Waals surface area contributed by atoms with Crippen LogP contribution < -0.4 is 5.73 Å². The zero-order chi connectivity index (χ0) is 14.2. The molecule has 0 saturated carbocycles. The summed E-state index contributed by atoms with van der Waals surface area (Å²) in [5.74, 6) is -1.05. The van der Waals surface area contributed by atoms with Crippen molar-refractivity contribution in [1.29, 1.82) is 0 Å². The summed E-state index contributed by atoms with van der Waals surface area (Å²) in [6.45, 7) is 1.49. The normalized spacial score (nSPS) is 12.5. The SMILES string of the molecule is Cc1cc(F)c(C(N)c2cc(Cl)cc(Cl)c2)cc1F. The van der Waals surface area contributed by atoms with Gasteiger partial charge in [0.25, 0.3) is 0 Å². The van der Waals surface area contributed by atoms with Crippen LogP contribution in [0.5, 0.6) is 0 Å². The molecule has 0 aromatic heterocycles. The van der Waals surface area contributed by atoms with Crippen molar-refractivity contribution in [3.8, 4) is 0 Å². The average Bonchev–Trinajstić information content (AvgIpc) is 2.31. The second-order valence-corrected chi connectivity index (χ2v) is 5.18. The van der Waals surface area contributed by atoms with Gasteiger partial charge in [-0.25, -0.2) is 8.78 Å². The van der Waals surface area contributed by atoms with Gasteiger partial charge in [0.15, 0.2) is 0 Å². The molecular formula is C14H11Cl2F2N. The van der Waals surface area contributed by atoms with Gasteiger partial charge in [0.05, 0.1) is 6.04 Å². The number of aryl methyl sites for hydroxylation is 1. The Hall–Kier alpha value is -1.16. The van der Waals surface area contributed by atoms with Crippen LogP contribution in [-0.2, 0) is 0 Å². The van der Waals surface area contributed by atoms with Gasteiger partial charge in [-0.3, -0.25) is 0 Å². The van der Waals surface area contributed by atoms with Crippen LogP contribution in [0, 0.1) is 18.6 Å². The molecule has 0 saturated heterocycles. The zero-order valence-corrected chi connectivity index (χ0v) is 11.6. The first kappa shape index (κ1) is 14.3. The lowest BCUT2D eigenvalue weighted by molar-refractivity contribution is 0.570. The molecule has 0 bridgehead atoms. The van der Waals surface area contributed by atoms with E-state index < -0.39 is 17.7 Å². The lowest BCUT2D eigenvalue weighted by Crippen LogP contribution is -2.14. The van der Waals surface area contributed by atoms with E-state index in [1.54, 1.807) is 18.2 Å². The number of hydrogen-bond donors (Lipinski definition) is 1. The van der Waals surface area contributed by atoms with E-state index in [4.69, 9.17) is 28.9 Å². The predicted molar refractivity (Wildman–Crippen MR) is 73.6 cm³/mol. The van der Waals surface area contributed by atoms with E-state index in [1.807, 2.05) is 0 Å². The molecule has 0 aliphatic rings. The van der Waals surface area contributed by atoms with Crippen LogP contribution in [0.25, 0.3) is 0 Å². The average molecular weight is 302 g/mol. The second-order valence-electron chi connectivity index (χ2n) is 4.30. The third-order valence-corrected chi connectivity index (χ3v) is 3.29. The van der Waals surface area contributed by atoms with Crippen molar-refractivity contribution >= 4 is 23.2 Å². The van der Waals surface area contributed by atoms with Crippen LogP contribution in [-0.4, -0.2) is 0 Å². The molecule has 0 fully saturated rings. The minimum atomic E-state index is -0.828. The summed E-state index contributed by atoms with van der Waals surface area (Å²) in [7, 11) is 0. The summed E-state index contributed by atoms with van der Waals surface area (Å²) in [5.41, 5.74) is 6.78. The molecule has 0 aliphatic heterocycles. The smallest absolute Gasteiger partial charge is 0.128 e. The monoisotopic (exact) mass is 301 g/mol. The largest absolute Gasteiger partial charge is 0.320 e. The summed E-state index contributed by atoms with van der Waals surface area (Å²) in [6.07, 6.45) is 0. The van der Waals surface area contributed by atoms with Gasteiger partial charge in [0, 0.05) is 15.6 Å². The maximum atomic E-state index is 13.9. The molecule has 2 N–H and O–H groups in total. The molecular weight excluding hydrogens is 291 g/mol. The highest BCUT2D eigenvalue weighted by atomic mass is 35.5. The lowest BCUT2D eigenvalue weighted by atomic mass is 9.98. The Morgan fingerprint density at radius 1 is 0.947 bits per heavy atom. The number of hydrogen-bond acceptors (Lipinski definition) is 1. The van der Waals surface area contributed by atoms with Crippen molar-refractivity contribution < 1.29 is 8.78 Å². The maximum absolute atomic E-state index is 13.9. The van der Waals surface area contributed by atoms with Crippen molar-refractivity contribution in [3.05, 3.63) is 68.7 Å². The molecule has 0 spiro atoms. The van der Waals surface area contributed by atoms with Crippen LogP contribution in [0.2, 0.25) is 10.0 Å². The maximum Gasteiger partial charge on any atom is 0.128 e. The van der Waals surface area contributed by atoms with Crippen molar-refractivity contribution in [2.45, 2.75) is 13.0 Å². The van der Waals surface area contributed by atoms with Crippen LogP contribution in [0.4, 0.5) is 8.78 Å². The van der Waals surface area contributed by atoms with Crippen molar-refractivity contribution in [2.24, 2.45) is 5.73 Å².